The van der Waals surface area contributed by atoms with E-state index in [2.05, 4.69) is 125 Å². The quantitative estimate of drug-likeness (QED) is 0.0665. The van der Waals surface area contributed by atoms with Crippen LogP contribution in [0.25, 0.3) is 18.2 Å². The molecule has 6 nitrogen and oxygen atoms in total. The Morgan fingerprint density at radius 3 is 2.11 bits per heavy atom. The van der Waals surface area contributed by atoms with Crippen molar-refractivity contribution in [2.45, 2.75) is 6.54 Å². The fourth-order valence-corrected chi connectivity index (χ4v) is 6.68. The van der Waals surface area contributed by atoms with Crippen molar-refractivity contribution in [3.8, 4) is 11.5 Å². The van der Waals surface area contributed by atoms with Crippen LogP contribution in [0.15, 0.2) is 96.3 Å². The average molecular weight is 626 g/mol. The number of pyridine rings is 1. The van der Waals surface area contributed by atoms with Gasteiger partial charge in [-0.05, 0) is 52.6 Å². The molecule has 0 saturated carbocycles. The van der Waals surface area contributed by atoms with Gasteiger partial charge in [0.15, 0.2) is 18.9 Å². The van der Waals surface area contributed by atoms with Gasteiger partial charge in [0.05, 0.1) is 30.2 Å². The molecule has 0 unspecified atom stereocenters. The summed E-state index contributed by atoms with van der Waals surface area (Å²) in [7, 11) is 7.96. The third-order valence-corrected chi connectivity index (χ3v) is 9.81. The lowest BCUT2D eigenvalue weighted by molar-refractivity contribution is -0.692. The Bertz CT molecular complexity index is 1530. The van der Waals surface area contributed by atoms with Crippen molar-refractivity contribution in [2.75, 3.05) is 68.2 Å². The van der Waals surface area contributed by atoms with E-state index >= 15 is 0 Å². The van der Waals surface area contributed by atoms with E-state index in [-0.39, 0.29) is 0 Å². The van der Waals surface area contributed by atoms with Gasteiger partial charge in [0.25, 0.3) is 0 Å². The molecule has 2 aromatic carbocycles. The average Bonchev–Trinajstić information content (AvgIpc) is 3.05. The van der Waals surface area contributed by atoms with Gasteiger partial charge in [-0.25, -0.2) is 4.57 Å². The molecule has 0 radical (unpaired) electrons. The summed E-state index contributed by atoms with van der Waals surface area (Å²) < 4.78 is 13.9. The number of ether oxygens (including phenoxy) is 2. The van der Waals surface area contributed by atoms with Gasteiger partial charge in [0, 0.05) is 44.7 Å². The number of allylic oxidation sites excluding steroid dienone is 4. The molecule has 0 bridgehead atoms. The van der Waals surface area contributed by atoms with E-state index in [4.69, 9.17) is 9.47 Å². The highest BCUT2D eigenvalue weighted by molar-refractivity contribution is 8.76. The topological polar surface area (TPSA) is 41.2 Å². The van der Waals surface area contributed by atoms with Crippen LogP contribution in [-0.4, -0.2) is 64.7 Å². The molecule has 0 fully saturated rings. The zero-order valence-corrected chi connectivity index (χ0v) is 27.2. The van der Waals surface area contributed by atoms with Crippen LogP contribution in [0, 0.1) is 0 Å². The zero-order chi connectivity index (χ0) is 30.6. The van der Waals surface area contributed by atoms with Crippen LogP contribution in [0.2, 0.25) is 0 Å². The van der Waals surface area contributed by atoms with Crippen molar-refractivity contribution in [2.24, 2.45) is 4.99 Å². The summed E-state index contributed by atoms with van der Waals surface area (Å²) in [6.07, 6.45) is 18.5. The third kappa shape index (κ3) is 9.07. The van der Waals surface area contributed by atoms with Crippen LogP contribution in [0.1, 0.15) is 16.7 Å². The number of aryl methyl sites for hydroxylation is 1. The van der Waals surface area contributed by atoms with Crippen molar-refractivity contribution >= 4 is 57.4 Å². The number of anilines is 2. The Morgan fingerprint density at radius 1 is 0.841 bits per heavy atom. The van der Waals surface area contributed by atoms with Gasteiger partial charge in [-0.3, -0.25) is 4.99 Å². The Labute approximate surface area is 269 Å². The molecule has 3 aromatic rings. The van der Waals surface area contributed by atoms with Crippen LogP contribution in [-0.2, 0) is 6.54 Å². The Kier molecular flexibility index (Phi) is 11.7. The third-order valence-electron chi connectivity index (χ3n) is 7.44. The molecular formula is C36H41N4O2S2+. The number of hydrogen-bond donors (Lipinski definition) is 0. The van der Waals surface area contributed by atoms with Gasteiger partial charge < -0.3 is 19.3 Å². The van der Waals surface area contributed by atoms with Crippen LogP contribution in [0.4, 0.5) is 11.4 Å². The number of likely N-dealkylation sites (N-methyl/N-ethyl adjacent to an activating group) is 2. The predicted molar refractivity (Wildman–Crippen MR) is 192 cm³/mol. The lowest BCUT2D eigenvalue weighted by Gasteiger charge is -2.27. The molecule has 0 atom stereocenters. The molecule has 3 heterocycles. The highest BCUT2D eigenvalue weighted by Crippen LogP contribution is 2.33. The van der Waals surface area contributed by atoms with E-state index in [0.29, 0.717) is 0 Å². The standard InChI is InChI=1S/C36H41N4O2S2/c1-4-29(5-7-31-9-11-33-35(27-31)41-23-20-38(33)2)13-16-37-17-25-43-44-26-22-40-18-14-30(15-19-40)6-8-32-10-12-34-36(28-32)42-24-21-39(34)3/h4-16,18-19,27-28H,1,17,20-26H2,2-3H3/q+1/b7-5+,29-13+,37-16?. The van der Waals surface area contributed by atoms with Gasteiger partial charge in [-0.2, -0.15) is 0 Å². The molecule has 44 heavy (non-hydrogen) atoms. The van der Waals surface area contributed by atoms with Gasteiger partial charge in [0.2, 0.25) is 0 Å². The maximum absolute atomic E-state index is 5.83. The van der Waals surface area contributed by atoms with Gasteiger partial charge in [-0.15, -0.1) is 0 Å². The molecule has 0 saturated heterocycles. The van der Waals surface area contributed by atoms with Crippen molar-refractivity contribution in [3.05, 3.63) is 108 Å². The van der Waals surface area contributed by atoms with Gasteiger partial charge in [0.1, 0.15) is 24.7 Å². The largest absolute Gasteiger partial charge is 0.490 e. The smallest absolute Gasteiger partial charge is 0.169 e. The maximum Gasteiger partial charge on any atom is 0.169 e. The second-order valence-corrected chi connectivity index (χ2v) is 13.3. The number of nitrogens with zero attached hydrogens (tertiary/aromatic N) is 4. The van der Waals surface area contributed by atoms with E-state index in [0.717, 1.165) is 90.5 Å². The maximum atomic E-state index is 5.83. The summed E-state index contributed by atoms with van der Waals surface area (Å²) in [5.41, 5.74) is 6.75. The summed E-state index contributed by atoms with van der Waals surface area (Å²) in [6, 6.07) is 17.0. The second kappa shape index (κ2) is 16.3. The molecule has 228 valence electrons. The van der Waals surface area contributed by atoms with Crippen molar-refractivity contribution in [3.63, 3.8) is 0 Å². The fourth-order valence-electron chi connectivity index (χ4n) is 4.83. The number of aromatic nitrogens is 1. The second-order valence-electron chi connectivity index (χ2n) is 10.6. The van der Waals surface area contributed by atoms with Crippen LogP contribution in [0.3, 0.4) is 0 Å². The minimum atomic E-state index is 0.722. The monoisotopic (exact) mass is 625 g/mol. The van der Waals surface area contributed by atoms with E-state index in [9.17, 15) is 0 Å². The van der Waals surface area contributed by atoms with Crippen LogP contribution < -0.4 is 23.8 Å². The van der Waals surface area contributed by atoms with E-state index in [1.807, 2.05) is 40.0 Å². The molecule has 1 aromatic heterocycles. The Morgan fingerprint density at radius 2 is 1.45 bits per heavy atom. The Balaban J connectivity index is 0.976. The lowest BCUT2D eigenvalue weighted by Crippen LogP contribution is -2.33. The molecule has 0 aliphatic carbocycles. The predicted octanol–water partition coefficient (Wildman–Crippen LogP) is 7.08. The molecular weight excluding hydrogens is 585 g/mol. The number of aliphatic imine (C=N–C) groups is 1. The molecule has 2 aliphatic heterocycles. The number of benzene rings is 2. The summed E-state index contributed by atoms with van der Waals surface area (Å²) in [4.78, 5) is 9.00. The first-order valence-electron chi connectivity index (χ1n) is 15.0. The molecule has 2 aliphatic rings. The summed E-state index contributed by atoms with van der Waals surface area (Å²) in [5.74, 6) is 3.93. The Hall–Kier alpha value is -3.88. The van der Waals surface area contributed by atoms with Crippen molar-refractivity contribution < 1.29 is 14.0 Å². The normalized spacial score (nSPS) is 15.0. The minimum Gasteiger partial charge on any atom is -0.490 e. The molecule has 0 spiro atoms. The van der Waals surface area contributed by atoms with Crippen molar-refractivity contribution in [1.82, 2.24) is 0 Å². The molecule has 0 amide bonds. The molecule has 0 N–H and O–H groups in total. The highest BCUT2D eigenvalue weighted by Gasteiger charge is 2.15. The first-order valence-corrected chi connectivity index (χ1v) is 17.5. The van der Waals surface area contributed by atoms with Gasteiger partial charge >= 0.3 is 0 Å². The summed E-state index contributed by atoms with van der Waals surface area (Å²) in [6.45, 7) is 9.01. The molecule has 8 heteroatoms. The van der Waals surface area contributed by atoms with E-state index < -0.39 is 0 Å². The summed E-state index contributed by atoms with van der Waals surface area (Å²) in [5, 5.41) is 0. The fraction of sp³-hybridized carbons (Fsp3) is 0.278. The van der Waals surface area contributed by atoms with Gasteiger partial charge in [-0.1, -0.05) is 70.7 Å². The number of hydrogen-bond acceptors (Lipinski definition) is 7. The first kappa shape index (κ1) is 31.5. The summed E-state index contributed by atoms with van der Waals surface area (Å²) >= 11 is 0. The first-order chi connectivity index (χ1) is 21.6. The van der Waals surface area contributed by atoms with Crippen molar-refractivity contribution in [1.29, 1.82) is 0 Å². The molecule has 5 rings (SSSR count). The number of fused-ring (bicyclic) bond motifs is 2. The number of rotatable bonds is 13. The SMILES string of the molecule is C=CC(/C=C/c1ccc2c(c1)OCCN2C)=C\C=NCCSSCC[n+]1ccc(/C=C/c2ccc3c(c2)OCCN3C)cc1. The zero-order valence-electron chi connectivity index (χ0n) is 25.6. The van der Waals surface area contributed by atoms with Crippen LogP contribution >= 0.6 is 21.6 Å². The lowest BCUT2D eigenvalue weighted by atomic mass is 10.1. The van der Waals surface area contributed by atoms with Crippen LogP contribution in [0.5, 0.6) is 11.5 Å². The van der Waals surface area contributed by atoms with E-state index in [1.165, 1.54) is 5.56 Å². The highest BCUT2D eigenvalue weighted by atomic mass is 33.1. The van der Waals surface area contributed by atoms with E-state index in [1.54, 1.807) is 0 Å². The minimum absolute atomic E-state index is 0.722.